The third-order valence-corrected chi connectivity index (χ3v) is 3.79. The van der Waals surface area contributed by atoms with E-state index in [1.54, 1.807) is 39.6 Å². The van der Waals surface area contributed by atoms with E-state index in [4.69, 9.17) is 0 Å². The first-order chi connectivity index (χ1) is 10.1. The van der Waals surface area contributed by atoms with Gasteiger partial charge in [-0.05, 0) is 28.1 Å². The molecule has 0 N–H and O–H groups in total. The first-order valence-electron chi connectivity index (χ1n) is 6.29. The Morgan fingerprint density at radius 2 is 2.19 bits per heavy atom. The zero-order chi connectivity index (χ0) is 15.0. The van der Waals surface area contributed by atoms with Crippen molar-refractivity contribution >= 4 is 27.5 Å². The highest BCUT2D eigenvalue weighted by atomic mass is 79.9. The molecule has 3 heterocycles. The Kier molecular flexibility index (Phi) is 3.46. The Balaban J connectivity index is 1.87. The number of nitrogens with zero attached hydrogens (tertiary/aromatic N) is 6. The van der Waals surface area contributed by atoms with Crippen molar-refractivity contribution in [2.24, 2.45) is 7.05 Å². The van der Waals surface area contributed by atoms with Gasteiger partial charge in [-0.2, -0.15) is 10.2 Å². The van der Waals surface area contributed by atoms with Crippen LogP contribution in [-0.4, -0.2) is 42.2 Å². The maximum atomic E-state index is 12.5. The highest BCUT2D eigenvalue weighted by Gasteiger charge is 2.22. The van der Waals surface area contributed by atoms with Gasteiger partial charge in [0.2, 0.25) is 0 Å². The van der Waals surface area contributed by atoms with Gasteiger partial charge in [-0.15, -0.1) is 0 Å². The summed E-state index contributed by atoms with van der Waals surface area (Å²) in [5.74, 6) is -0.182. The summed E-state index contributed by atoms with van der Waals surface area (Å²) in [6, 6.07) is 3.64. The molecule has 3 aromatic heterocycles. The molecule has 0 atom stereocenters. The van der Waals surface area contributed by atoms with E-state index in [0.29, 0.717) is 22.4 Å². The first kappa shape index (κ1) is 13.7. The van der Waals surface area contributed by atoms with E-state index in [1.165, 1.54) is 0 Å². The topological polar surface area (TPSA) is 68.3 Å². The van der Waals surface area contributed by atoms with Crippen LogP contribution >= 0.6 is 15.9 Å². The van der Waals surface area contributed by atoms with Crippen molar-refractivity contribution in [1.82, 2.24) is 29.3 Å². The van der Waals surface area contributed by atoms with Crippen molar-refractivity contribution in [2.75, 3.05) is 7.05 Å². The summed E-state index contributed by atoms with van der Waals surface area (Å²) < 4.78 is 3.88. The molecule has 0 aliphatic rings. The van der Waals surface area contributed by atoms with Crippen molar-refractivity contribution in [1.29, 1.82) is 0 Å². The van der Waals surface area contributed by atoms with Crippen LogP contribution in [0.5, 0.6) is 0 Å². The molecule has 3 rings (SSSR count). The molecule has 1 amide bonds. The van der Waals surface area contributed by atoms with Gasteiger partial charge in [0, 0.05) is 32.7 Å². The molecule has 8 heteroatoms. The van der Waals surface area contributed by atoms with Gasteiger partial charge in [0.05, 0.1) is 16.7 Å². The molecule has 0 spiro atoms. The predicted molar refractivity (Wildman–Crippen MR) is 79.7 cm³/mol. The van der Waals surface area contributed by atoms with Crippen molar-refractivity contribution < 1.29 is 4.79 Å². The summed E-state index contributed by atoms with van der Waals surface area (Å²) in [5.41, 5.74) is 1.78. The Labute approximate surface area is 129 Å². The van der Waals surface area contributed by atoms with Crippen molar-refractivity contribution in [3.63, 3.8) is 0 Å². The maximum absolute atomic E-state index is 12.5. The minimum atomic E-state index is -0.182. The van der Waals surface area contributed by atoms with Crippen LogP contribution in [0.2, 0.25) is 0 Å². The maximum Gasteiger partial charge on any atom is 0.275 e. The molecule has 0 unspecified atom stereocenters. The Bertz CT molecular complexity index is 808. The zero-order valence-corrected chi connectivity index (χ0v) is 13.1. The van der Waals surface area contributed by atoms with Crippen LogP contribution in [0, 0.1) is 0 Å². The number of carbonyl (C=O) groups excluding carboxylic acids is 1. The molecule has 0 fully saturated rings. The summed E-state index contributed by atoms with van der Waals surface area (Å²) in [5, 5.41) is 8.54. The standard InChI is InChI=1S/C13H13BrN6O/c1-18(8-9-4-7-19(2)16-9)13(21)11-10(14)12-15-5-3-6-20(12)17-11/h3-7H,8H2,1-2H3. The molecular formula is C13H13BrN6O. The molecular weight excluding hydrogens is 336 g/mol. The Morgan fingerprint density at radius 1 is 1.38 bits per heavy atom. The van der Waals surface area contributed by atoms with E-state index in [0.717, 1.165) is 5.69 Å². The van der Waals surface area contributed by atoms with E-state index in [2.05, 4.69) is 31.1 Å². The highest BCUT2D eigenvalue weighted by molar-refractivity contribution is 9.10. The number of hydrogen-bond acceptors (Lipinski definition) is 4. The van der Waals surface area contributed by atoms with E-state index >= 15 is 0 Å². The van der Waals surface area contributed by atoms with Gasteiger partial charge in [-0.3, -0.25) is 9.48 Å². The van der Waals surface area contributed by atoms with Gasteiger partial charge in [-0.1, -0.05) is 0 Å². The summed E-state index contributed by atoms with van der Waals surface area (Å²) in [6.07, 6.45) is 5.26. The molecule has 0 saturated carbocycles. The van der Waals surface area contributed by atoms with E-state index in [9.17, 15) is 4.79 Å². The molecule has 0 aliphatic carbocycles. The lowest BCUT2D eigenvalue weighted by Crippen LogP contribution is -2.27. The number of hydrogen-bond donors (Lipinski definition) is 0. The van der Waals surface area contributed by atoms with Gasteiger partial charge in [0.15, 0.2) is 11.3 Å². The molecule has 7 nitrogen and oxygen atoms in total. The molecule has 3 aromatic rings. The molecule has 0 bridgehead atoms. The van der Waals surface area contributed by atoms with Crippen LogP contribution in [0.1, 0.15) is 16.2 Å². The van der Waals surface area contributed by atoms with Gasteiger partial charge in [0.25, 0.3) is 5.91 Å². The lowest BCUT2D eigenvalue weighted by Gasteiger charge is -2.14. The molecule has 0 aliphatic heterocycles. The highest BCUT2D eigenvalue weighted by Crippen LogP contribution is 2.22. The summed E-state index contributed by atoms with van der Waals surface area (Å²) in [4.78, 5) is 18.3. The summed E-state index contributed by atoms with van der Waals surface area (Å²) in [6.45, 7) is 0.424. The number of aryl methyl sites for hydroxylation is 1. The average Bonchev–Trinajstić information content (AvgIpc) is 3.03. The number of amides is 1. The molecule has 0 radical (unpaired) electrons. The summed E-state index contributed by atoms with van der Waals surface area (Å²) in [7, 11) is 3.57. The number of fused-ring (bicyclic) bond motifs is 1. The van der Waals surface area contributed by atoms with Crippen molar-refractivity contribution in [2.45, 2.75) is 6.54 Å². The third kappa shape index (κ3) is 2.54. The Morgan fingerprint density at radius 3 is 2.86 bits per heavy atom. The lowest BCUT2D eigenvalue weighted by molar-refractivity contribution is 0.0776. The van der Waals surface area contributed by atoms with Crippen LogP contribution in [-0.2, 0) is 13.6 Å². The van der Waals surface area contributed by atoms with Crippen molar-refractivity contribution in [3.8, 4) is 0 Å². The monoisotopic (exact) mass is 348 g/mol. The molecule has 108 valence electrons. The number of halogens is 1. The molecule has 0 aromatic carbocycles. The van der Waals surface area contributed by atoms with E-state index < -0.39 is 0 Å². The molecule has 21 heavy (non-hydrogen) atoms. The fourth-order valence-corrected chi connectivity index (χ4v) is 2.57. The zero-order valence-electron chi connectivity index (χ0n) is 11.6. The quantitative estimate of drug-likeness (QED) is 0.719. The SMILES string of the molecule is CN(Cc1ccn(C)n1)C(=O)c1nn2cccnc2c1Br. The number of aromatic nitrogens is 5. The normalized spacial score (nSPS) is 11.0. The van der Waals surface area contributed by atoms with Crippen LogP contribution < -0.4 is 0 Å². The minimum absolute atomic E-state index is 0.182. The second kappa shape index (κ2) is 5.28. The van der Waals surface area contributed by atoms with Crippen LogP contribution in [0.25, 0.3) is 5.65 Å². The van der Waals surface area contributed by atoms with Crippen LogP contribution in [0.15, 0.2) is 35.2 Å². The number of carbonyl (C=O) groups is 1. The van der Waals surface area contributed by atoms with Gasteiger partial charge >= 0.3 is 0 Å². The van der Waals surface area contributed by atoms with Gasteiger partial charge in [0.1, 0.15) is 0 Å². The second-order valence-electron chi connectivity index (χ2n) is 4.69. The van der Waals surface area contributed by atoms with Crippen LogP contribution in [0.3, 0.4) is 0 Å². The minimum Gasteiger partial charge on any atom is -0.334 e. The van der Waals surface area contributed by atoms with Crippen molar-refractivity contribution in [3.05, 3.63) is 46.6 Å². The van der Waals surface area contributed by atoms with Crippen LogP contribution in [0.4, 0.5) is 0 Å². The predicted octanol–water partition coefficient (Wildman–Crippen LogP) is 1.50. The molecule has 0 saturated heterocycles. The fourth-order valence-electron chi connectivity index (χ4n) is 2.04. The lowest BCUT2D eigenvalue weighted by atomic mass is 10.3. The Hall–Kier alpha value is -2.22. The number of rotatable bonds is 3. The summed E-state index contributed by atoms with van der Waals surface area (Å²) >= 11 is 3.40. The van der Waals surface area contributed by atoms with E-state index in [1.807, 2.05) is 19.3 Å². The van der Waals surface area contributed by atoms with Gasteiger partial charge < -0.3 is 4.90 Å². The van der Waals surface area contributed by atoms with Gasteiger partial charge in [-0.25, -0.2) is 9.50 Å². The fraction of sp³-hybridized carbons (Fsp3) is 0.231. The average molecular weight is 349 g/mol. The second-order valence-corrected chi connectivity index (χ2v) is 5.49. The first-order valence-corrected chi connectivity index (χ1v) is 7.08. The third-order valence-electron chi connectivity index (χ3n) is 3.06. The largest absolute Gasteiger partial charge is 0.334 e. The smallest absolute Gasteiger partial charge is 0.275 e. The van der Waals surface area contributed by atoms with E-state index in [-0.39, 0.29) is 5.91 Å².